The van der Waals surface area contributed by atoms with Crippen molar-refractivity contribution in [1.82, 2.24) is 15.5 Å². The Kier molecular flexibility index (Phi) is 8.20. The van der Waals surface area contributed by atoms with E-state index in [-0.39, 0.29) is 17.9 Å². The molecule has 2 aromatic rings. The van der Waals surface area contributed by atoms with E-state index in [9.17, 15) is 9.59 Å². The van der Waals surface area contributed by atoms with Crippen molar-refractivity contribution in [3.8, 4) is 0 Å². The van der Waals surface area contributed by atoms with Crippen LogP contribution in [0.2, 0.25) is 0 Å². The predicted molar refractivity (Wildman–Crippen MR) is 113 cm³/mol. The molecule has 0 heterocycles. The number of amides is 2. The van der Waals surface area contributed by atoms with E-state index in [0.717, 1.165) is 17.5 Å². The van der Waals surface area contributed by atoms with Crippen LogP contribution in [-0.4, -0.2) is 37.4 Å². The van der Waals surface area contributed by atoms with Gasteiger partial charge in [-0.1, -0.05) is 56.3 Å². The molecule has 28 heavy (non-hydrogen) atoms. The highest BCUT2D eigenvalue weighted by molar-refractivity contribution is 5.93. The van der Waals surface area contributed by atoms with E-state index in [2.05, 4.69) is 36.6 Å². The van der Waals surface area contributed by atoms with E-state index in [1.807, 2.05) is 42.3 Å². The van der Waals surface area contributed by atoms with Gasteiger partial charge in [-0.05, 0) is 42.6 Å². The van der Waals surface area contributed by atoms with Crippen molar-refractivity contribution in [2.24, 2.45) is 5.92 Å². The minimum absolute atomic E-state index is 0.0129. The maximum Gasteiger partial charge on any atom is 0.251 e. The third-order valence-electron chi connectivity index (χ3n) is 4.55. The fourth-order valence-corrected chi connectivity index (χ4v) is 3.19. The number of carbonyl (C=O) groups excluding carboxylic acids is 2. The van der Waals surface area contributed by atoms with Gasteiger partial charge in [-0.3, -0.25) is 14.5 Å². The zero-order chi connectivity index (χ0) is 20.5. The van der Waals surface area contributed by atoms with Crippen LogP contribution >= 0.6 is 0 Å². The molecule has 2 N–H and O–H groups in total. The Hall–Kier alpha value is -2.66. The number of hydrogen-bond donors (Lipinski definition) is 2. The first-order chi connectivity index (χ1) is 13.4. The summed E-state index contributed by atoms with van der Waals surface area (Å²) in [4.78, 5) is 26.2. The van der Waals surface area contributed by atoms with Gasteiger partial charge in [-0.25, -0.2) is 0 Å². The van der Waals surface area contributed by atoms with Crippen molar-refractivity contribution in [1.29, 1.82) is 0 Å². The van der Waals surface area contributed by atoms with Crippen LogP contribution in [0.3, 0.4) is 0 Å². The number of hydrogen-bond acceptors (Lipinski definition) is 3. The Bertz CT molecular complexity index is 757. The van der Waals surface area contributed by atoms with Crippen LogP contribution in [0, 0.1) is 5.92 Å². The average molecular weight is 382 g/mol. The number of benzene rings is 2. The van der Waals surface area contributed by atoms with Gasteiger partial charge in [0.05, 0.1) is 12.6 Å². The van der Waals surface area contributed by atoms with Gasteiger partial charge in [-0.15, -0.1) is 0 Å². The van der Waals surface area contributed by atoms with Gasteiger partial charge in [0.15, 0.2) is 0 Å². The van der Waals surface area contributed by atoms with E-state index in [1.54, 1.807) is 19.2 Å². The molecule has 1 atom stereocenters. The molecule has 0 aliphatic carbocycles. The molecule has 0 unspecified atom stereocenters. The van der Waals surface area contributed by atoms with Crippen molar-refractivity contribution in [2.75, 3.05) is 20.6 Å². The molecule has 0 saturated heterocycles. The van der Waals surface area contributed by atoms with Crippen LogP contribution in [-0.2, 0) is 11.3 Å². The summed E-state index contributed by atoms with van der Waals surface area (Å²) in [6.07, 6.45) is 0.903. The van der Waals surface area contributed by atoms with Gasteiger partial charge in [-0.2, -0.15) is 0 Å². The summed E-state index contributed by atoms with van der Waals surface area (Å²) in [6, 6.07) is 17.6. The van der Waals surface area contributed by atoms with Crippen LogP contribution in [0.25, 0.3) is 0 Å². The Morgan fingerprint density at radius 3 is 2.21 bits per heavy atom. The molecular formula is C23H31N3O2. The first-order valence-electron chi connectivity index (χ1n) is 9.73. The molecule has 0 radical (unpaired) electrons. The summed E-state index contributed by atoms with van der Waals surface area (Å²) < 4.78 is 0. The quantitative estimate of drug-likeness (QED) is 0.700. The minimum Gasteiger partial charge on any atom is -0.355 e. The molecule has 0 aliphatic heterocycles. The summed E-state index contributed by atoms with van der Waals surface area (Å²) in [5.41, 5.74) is 2.83. The number of rotatable bonds is 9. The predicted octanol–water partition coefficient (Wildman–Crippen LogP) is 3.38. The maximum absolute atomic E-state index is 12.6. The third-order valence-corrected chi connectivity index (χ3v) is 4.55. The number of likely N-dealkylation sites (N-methyl/N-ethyl adjacent to an activating group) is 1. The normalized spacial score (nSPS) is 12.1. The van der Waals surface area contributed by atoms with Crippen LogP contribution in [0.1, 0.15) is 47.8 Å². The van der Waals surface area contributed by atoms with Crippen LogP contribution in [0.4, 0.5) is 0 Å². The van der Waals surface area contributed by atoms with Gasteiger partial charge in [0, 0.05) is 19.2 Å². The Morgan fingerprint density at radius 1 is 1.00 bits per heavy atom. The molecule has 2 amide bonds. The number of nitrogens with zero attached hydrogens (tertiary/aromatic N) is 1. The lowest BCUT2D eigenvalue weighted by Gasteiger charge is -2.23. The standard InChI is InChI=1S/C23H31N3O2/c1-17(2)14-21(19-8-6-5-7-9-19)25-22(27)16-26(4)15-18-10-12-20(13-11-18)23(28)24-3/h5-13,17,21H,14-16H2,1-4H3,(H,24,28)(H,25,27)/t21-/m0/s1. The second kappa shape index (κ2) is 10.6. The molecule has 0 bridgehead atoms. The van der Waals surface area contributed by atoms with E-state index in [0.29, 0.717) is 24.6 Å². The van der Waals surface area contributed by atoms with Crippen molar-refractivity contribution < 1.29 is 9.59 Å². The molecule has 150 valence electrons. The zero-order valence-corrected chi connectivity index (χ0v) is 17.2. The fraction of sp³-hybridized carbons (Fsp3) is 0.391. The highest BCUT2D eigenvalue weighted by atomic mass is 16.2. The molecule has 0 spiro atoms. The molecule has 0 aliphatic rings. The van der Waals surface area contributed by atoms with E-state index in [1.165, 1.54) is 0 Å². The highest BCUT2D eigenvalue weighted by Gasteiger charge is 2.17. The lowest BCUT2D eigenvalue weighted by atomic mass is 9.97. The highest BCUT2D eigenvalue weighted by Crippen LogP contribution is 2.21. The molecule has 2 rings (SSSR count). The van der Waals surface area contributed by atoms with Crippen LogP contribution in [0.5, 0.6) is 0 Å². The first kappa shape index (κ1) is 21.6. The summed E-state index contributed by atoms with van der Waals surface area (Å²) in [7, 11) is 3.54. The smallest absolute Gasteiger partial charge is 0.251 e. The Balaban J connectivity index is 1.92. The molecule has 0 saturated carbocycles. The van der Waals surface area contributed by atoms with Gasteiger partial charge in [0.2, 0.25) is 5.91 Å². The second-order valence-electron chi connectivity index (χ2n) is 7.61. The van der Waals surface area contributed by atoms with Crippen molar-refractivity contribution >= 4 is 11.8 Å². The maximum atomic E-state index is 12.6. The average Bonchev–Trinajstić information content (AvgIpc) is 2.67. The van der Waals surface area contributed by atoms with Crippen molar-refractivity contribution in [2.45, 2.75) is 32.9 Å². The van der Waals surface area contributed by atoms with Crippen molar-refractivity contribution in [3.63, 3.8) is 0 Å². The van der Waals surface area contributed by atoms with Gasteiger partial charge < -0.3 is 10.6 Å². The molecule has 2 aromatic carbocycles. The third kappa shape index (κ3) is 6.82. The molecule has 5 heteroatoms. The topological polar surface area (TPSA) is 61.4 Å². The fourth-order valence-electron chi connectivity index (χ4n) is 3.19. The molecule has 0 fully saturated rings. The van der Waals surface area contributed by atoms with E-state index >= 15 is 0 Å². The monoisotopic (exact) mass is 381 g/mol. The molecular weight excluding hydrogens is 350 g/mol. The summed E-state index contributed by atoms with van der Waals surface area (Å²) in [5.74, 6) is 0.400. The zero-order valence-electron chi connectivity index (χ0n) is 17.2. The molecule has 5 nitrogen and oxygen atoms in total. The second-order valence-corrected chi connectivity index (χ2v) is 7.61. The largest absolute Gasteiger partial charge is 0.355 e. The van der Waals surface area contributed by atoms with Crippen LogP contribution < -0.4 is 10.6 Å². The van der Waals surface area contributed by atoms with E-state index < -0.39 is 0 Å². The summed E-state index contributed by atoms with van der Waals surface area (Å²) in [5, 5.41) is 5.79. The summed E-state index contributed by atoms with van der Waals surface area (Å²) in [6.45, 7) is 5.29. The lowest BCUT2D eigenvalue weighted by molar-refractivity contribution is -0.122. The van der Waals surface area contributed by atoms with Gasteiger partial charge >= 0.3 is 0 Å². The lowest BCUT2D eigenvalue weighted by Crippen LogP contribution is -2.37. The number of nitrogens with one attached hydrogen (secondary N) is 2. The van der Waals surface area contributed by atoms with Gasteiger partial charge in [0.1, 0.15) is 0 Å². The SMILES string of the molecule is CNC(=O)c1ccc(CN(C)CC(=O)N[C@@H](CC(C)C)c2ccccc2)cc1. The van der Waals surface area contributed by atoms with Gasteiger partial charge in [0.25, 0.3) is 5.91 Å². The minimum atomic E-state index is -0.101. The molecule has 0 aromatic heterocycles. The summed E-state index contributed by atoms with van der Waals surface area (Å²) >= 11 is 0. The Morgan fingerprint density at radius 2 is 1.64 bits per heavy atom. The van der Waals surface area contributed by atoms with Crippen LogP contribution in [0.15, 0.2) is 54.6 Å². The number of carbonyl (C=O) groups is 2. The first-order valence-corrected chi connectivity index (χ1v) is 9.73. The Labute approximate surface area is 168 Å². The van der Waals surface area contributed by atoms with Crippen molar-refractivity contribution in [3.05, 3.63) is 71.3 Å². The van der Waals surface area contributed by atoms with E-state index in [4.69, 9.17) is 0 Å².